The van der Waals surface area contributed by atoms with Crippen LogP contribution in [0.2, 0.25) is 0 Å². The molecule has 1 amide bonds. The van der Waals surface area contributed by atoms with Crippen molar-refractivity contribution >= 4 is 17.4 Å². The van der Waals surface area contributed by atoms with Gasteiger partial charge in [-0.15, -0.1) is 0 Å². The van der Waals surface area contributed by atoms with Crippen molar-refractivity contribution in [2.24, 2.45) is 0 Å². The van der Waals surface area contributed by atoms with E-state index in [4.69, 9.17) is 0 Å². The molecule has 7 nitrogen and oxygen atoms in total. The molecule has 0 radical (unpaired) electrons. The van der Waals surface area contributed by atoms with E-state index in [1.165, 1.54) is 19.0 Å². The van der Waals surface area contributed by atoms with Crippen molar-refractivity contribution < 1.29 is 18.4 Å². The second-order valence-electron chi connectivity index (χ2n) is 6.27. The van der Waals surface area contributed by atoms with Gasteiger partial charge in [-0.05, 0) is 45.1 Å². The molecule has 0 aliphatic heterocycles. The summed E-state index contributed by atoms with van der Waals surface area (Å²) in [6, 6.07) is 3.12. The molecule has 1 heterocycles. The normalized spacial score (nSPS) is 9.77. The number of amides is 1. The highest BCUT2D eigenvalue weighted by Crippen LogP contribution is 2.17. The Labute approximate surface area is 183 Å². The van der Waals surface area contributed by atoms with Crippen molar-refractivity contribution in [1.82, 2.24) is 20.8 Å². The molecule has 0 spiro atoms. The summed E-state index contributed by atoms with van der Waals surface area (Å²) < 4.78 is 27.2. The average molecular weight is 440 g/mol. The van der Waals surface area contributed by atoms with E-state index in [9.17, 15) is 18.4 Å². The molecule has 174 valence electrons. The van der Waals surface area contributed by atoms with Gasteiger partial charge in [0.1, 0.15) is 22.9 Å². The Hall–Kier alpha value is -2.65. The van der Waals surface area contributed by atoms with E-state index >= 15 is 0 Å². The minimum absolute atomic E-state index is 0.0625. The SMILES string of the molecule is CC.CCCCNC.CCCNCC(=O)c1[nH]ncc1NC(=O)c1c(F)cccc1F. The van der Waals surface area contributed by atoms with Crippen LogP contribution in [0.1, 0.15) is 67.8 Å². The van der Waals surface area contributed by atoms with Gasteiger partial charge in [0.05, 0.1) is 18.4 Å². The number of H-pyrrole nitrogens is 1. The van der Waals surface area contributed by atoms with E-state index in [1.54, 1.807) is 0 Å². The first-order chi connectivity index (χ1) is 15.0. The predicted molar refractivity (Wildman–Crippen MR) is 121 cm³/mol. The number of carbonyl (C=O) groups is 2. The van der Waals surface area contributed by atoms with Gasteiger partial charge in [-0.25, -0.2) is 8.78 Å². The lowest BCUT2D eigenvalue weighted by Crippen LogP contribution is -2.25. The van der Waals surface area contributed by atoms with Gasteiger partial charge in [0.2, 0.25) is 0 Å². The molecule has 0 bridgehead atoms. The lowest BCUT2D eigenvalue weighted by molar-refractivity contribution is 0.0987. The number of halogens is 2. The van der Waals surface area contributed by atoms with Crippen molar-refractivity contribution in [2.45, 2.75) is 47.0 Å². The maximum atomic E-state index is 13.6. The summed E-state index contributed by atoms with van der Waals surface area (Å²) in [6.07, 6.45) is 4.67. The zero-order valence-electron chi connectivity index (χ0n) is 19.1. The van der Waals surface area contributed by atoms with Crippen LogP contribution in [0.5, 0.6) is 0 Å². The molecule has 0 saturated carbocycles. The zero-order valence-corrected chi connectivity index (χ0v) is 19.1. The minimum Gasteiger partial charge on any atom is -0.320 e. The number of hydrogen-bond donors (Lipinski definition) is 4. The van der Waals surface area contributed by atoms with E-state index in [1.807, 2.05) is 27.8 Å². The first kappa shape index (κ1) is 28.4. The Bertz CT molecular complexity index is 757. The largest absolute Gasteiger partial charge is 0.320 e. The Kier molecular flexibility index (Phi) is 15.6. The first-order valence-electron chi connectivity index (χ1n) is 10.6. The topological polar surface area (TPSA) is 98.9 Å². The smallest absolute Gasteiger partial charge is 0.261 e. The quantitative estimate of drug-likeness (QED) is 0.329. The summed E-state index contributed by atoms with van der Waals surface area (Å²) in [5, 5.41) is 14.5. The number of aromatic nitrogens is 2. The number of unbranched alkanes of at least 4 members (excludes halogenated alkanes) is 1. The molecule has 2 aromatic rings. The lowest BCUT2D eigenvalue weighted by atomic mass is 10.1. The summed E-state index contributed by atoms with van der Waals surface area (Å²) in [5.41, 5.74) is -0.573. The molecular formula is C22H35F2N5O2. The number of nitrogens with one attached hydrogen (secondary N) is 4. The summed E-state index contributed by atoms with van der Waals surface area (Å²) in [5.74, 6) is -3.27. The molecule has 2 rings (SSSR count). The number of carbonyl (C=O) groups excluding carboxylic acids is 2. The van der Waals surface area contributed by atoms with Crippen LogP contribution in [0.4, 0.5) is 14.5 Å². The van der Waals surface area contributed by atoms with Gasteiger partial charge in [0.25, 0.3) is 5.91 Å². The van der Waals surface area contributed by atoms with Crippen LogP contribution in [0.3, 0.4) is 0 Å². The van der Waals surface area contributed by atoms with Crippen LogP contribution in [-0.2, 0) is 0 Å². The summed E-state index contributed by atoms with van der Waals surface area (Å²) in [6.45, 7) is 10.0. The number of Topliss-reactive ketones (excluding diaryl/α,β-unsaturated/α-hetero) is 1. The Morgan fingerprint density at radius 2 is 1.71 bits per heavy atom. The Morgan fingerprint density at radius 3 is 2.23 bits per heavy atom. The summed E-state index contributed by atoms with van der Waals surface area (Å²) in [4.78, 5) is 24.0. The summed E-state index contributed by atoms with van der Waals surface area (Å²) in [7, 11) is 1.98. The van der Waals surface area contributed by atoms with E-state index in [0.717, 1.165) is 31.2 Å². The Balaban J connectivity index is 0.000000970. The zero-order chi connectivity index (χ0) is 23.6. The van der Waals surface area contributed by atoms with Crippen LogP contribution < -0.4 is 16.0 Å². The molecule has 0 aliphatic rings. The van der Waals surface area contributed by atoms with Crippen molar-refractivity contribution in [1.29, 1.82) is 0 Å². The third kappa shape index (κ3) is 10.3. The molecule has 0 unspecified atom stereocenters. The number of rotatable bonds is 10. The van der Waals surface area contributed by atoms with Crippen LogP contribution in [0.15, 0.2) is 24.4 Å². The fourth-order valence-corrected chi connectivity index (χ4v) is 2.31. The van der Waals surface area contributed by atoms with Gasteiger partial charge in [0, 0.05) is 0 Å². The molecule has 0 fully saturated rings. The van der Waals surface area contributed by atoms with E-state index in [2.05, 4.69) is 33.1 Å². The predicted octanol–water partition coefficient (Wildman–Crippen LogP) is 4.15. The van der Waals surface area contributed by atoms with Gasteiger partial charge in [-0.2, -0.15) is 5.10 Å². The standard InChI is InChI=1S/C15H16F2N4O2.C5H13N.C2H6/c1-2-6-18-8-12(22)14-11(7-19-21-14)20-15(23)13-9(16)4-3-5-10(13)17;1-3-4-5-6-2;1-2/h3-5,7,18H,2,6,8H2,1H3,(H,19,21)(H,20,23);6H,3-5H2,1-2H3;1-2H3. The van der Waals surface area contributed by atoms with Crippen LogP contribution in [0, 0.1) is 11.6 Å². The Morgan fingerprint density at radius 1 is 1.06 bits per heavy atom. The van der Waals surface area contributed by atoms with Crippen molar-refractivity contribution in [3.63, 3.8) is 0 Å². The minimum atomic E-state index is -0.988. The highest BCUT2D eigenvalue weighted by molar-refractivity contribution is 6.09. The fourth-order valence-electron chi connectivity index (χ4n) is 2.31. The maximum Gasteiger partial charge on any atom is 0.261 e. The fraction of sp³-hybridized carbons (Fsp3) is 0.500. The van der Waals surface area contributed by atoms with Gasteiger partial charge >= 0.3 is 0 Å². The number of ketones is 1. The second-order valence-corrected chi connectivity index (χ2v) is 6.27. The highest BCUT2D eigenvalue weighted by atomic mass is 19.1. The van der Waals surface area contributed by atoms with Gasteiger partial charge < -0.3 is 16.0 Å². The van der Waals surface area contributed by atoms with E-state index < -0.39 is 23.1 Å². The number of hydrogen-bond acceptors (Lipinski definition) is 5. The first-order valence-corrected chi connectivity index (χ1v) is 10.6. The molecule has 0 saturated heterocycles. The number of nitrogens with zero attached hydrogens (tertiary/aromatic N) is 1. The molecule has 31 heavy (non-hydrogen) atoms. The lowest BCUT2D eigenvalue weighted by Gasteiger charge is -2.07. The number of benzene rings is 1. The van der Waals surface area contributed by atoms with Crippen molar-refractivity contribution in [2.75, 3.05) is 32.0 Å². The number of aromatic amines is 1. The van der Waals surface area contributed by atoms with Crippen LogP contribution in [-0.4, -0.2) is 48.6 Å². The second kappa shape index (κ2) is 17.1. The third-order valence-corrected chi connectivity index (χ3v) is 3.85. The van der Waals surface area contributed by atoms with Gasteiger partial charge in [0.15, 0.2) is 5.78 Å². The third-order valence-electron chi connectivity index (χ3n) is 3.85. The molecule has 0 atom stereocenters. The van der Waals surface area contributed by atoms with Crippen LogP contribution >= 0.6 is 0 Å². The van der Waals surface area contributed by atoms with Gasteiger partial charge in [-0.3, -0.25) is 14.7 Å². The van der Waals surface area contributed by atoms with E-state index in [-0.39, 0.29) is 23.7 Å². The molecule has 1 aromatic carbocycles. The van der Waals surface area contributed by atoms with Gasteiger partial charge in [-0.1, -0.05) is 40.2 Å². The highest BCUT2D eigenvalue weighted by Gasteiger charge is 2.20. The monoisotopic (exact) mass is 439 g/mol. The molecule has 0 aliphatic carbocycles. The molecule has 4 N–H and O–H groups in total. The van der Waals surface area contributed by atoms with Crippen molar-refractivity contribution in [3.05, 3.63) is 47.3 Å². The molecule has 9 heteroatoms. The molecular weight excluding hydrogens is 404 g/mol. The van der Waals surface area contributed by atoms with Crippen LogP contribution in [0.25, 0.3) is 0 Å². The summed E-state index contributed by atoms with van der Waals surface area (Å²) >= 11 is 0. The maximum absolute atomic E-state index is 13.6. The number of anilines is 1. The van der Waals surface area contributed by atoms with Crippen molar-refractivity contribution in [3.8, 4) is 0 Å². The van der Waals surface area contributed by atoms with E-state index in [0.29, 0.717) is 6.54 Å². The molecule has 1 aromatic heterocycles. The average Bonchev–Trinajstić information content (AvgIpc) is 3.22.